The van der Waals surface area contributed by atoms with Crippen LogP contribution in [0.25, 0.3) is 0 Å². The van der Waals surface area contributed by atoms with Gasteiger partial charge in [0.05, 0.1) is 11.4 Å². The molecule has 8 heteroatoms. The molecule has 0 amide bonds. The van der Waals surface area contributed by atoms with Gasteiger partial charge in [-0.15, -0.1) is 24.0 Å². The zero-order chi connectivity index (χ0) is 18.4. The molecule has 0 unspecified atom stereocenters. The maximum atomic E-state index is 12.5. The summed E-state index contributed by atoms with van der Waals surface area (Å²) in [5.41, 5.74) is 6.98. The van der Waals surface area contributed by atoms with Crippen molar-refractivity contribution < 1.29 is 8.42 Å². The average molecular weight is 506 g/mol. The molecule has 3 N–H and O–H groups in total. The first-order valence-corrected chi connectivity index (χ1v) is 11.2. The molecular weight excluding hydrogens is 475 g/mol. The second-order valence-corrected chi connectivity index (χ2v) is 9.23. The number of rotatable bonds is 5. The Labute approximate surface area is 180 Å². The number of aliphatic imine (C=N–C) groups is 1. The van der Waals surface area contributed by atoms with Crippen LogP contribution in [0.5, 0.6) is 0 Å². The van der Waals surface area contributed by atoms with Gasteiger partial charge in [-0.3, -0.25) is 0 Å². The smallest absolute Gasteiger partial charge is 0.243 e. The highest BCUT2D eigenvalue weighted by Gasteiger charge is 2.26. The second-order valence-electron chi connectivity index (χ2n) is 7.29. The second kappa shape index (κ2) is 10.6. The van der Waals surface area contributed by atoms with Crippen molar-refractivity contribution >= 4 is 40.0 Å². The van der Waals surface area contributed by atoms with Crippen LogP contribution in [0.15, 0.2) is 34.2 Å². The Balaban J connectivity index is 0.00000261. The summed E-state index contributed by atoms with van der Waals surface area (Å²) in [6, 6.07) is 7.42. The Kier molecular flexibility index (Phi) is 8.81. The normalized spacial score (nSPS) is 20.1. The lowest BCUT2D eigenvalue weighted by Crippen LogP contribution is -2.39. The van der Waals surface area contributed by atoms with E-state index in [1.54, 1.807) is 16.4 Å². The fraction of sp³-hybridized carbons (Fsp3) is 0.632. The molecule has 152 valence electrons. The van der Waals surface area contributed by atoms with Crippen molar-refractivity contribution in [2.24, 2.45) is 10.7 Å². The topological polar surface area (TPSA) is 87.8 Å². The number of nitrogens with one attached hydrogen (secondary N) is 1. The lowest BCUT2D eigenvalue weighted by molar-refractivity contribution is 0.477. The van der Waals surface area contributed by atoms with Crippen LogP contribution in [0.4, 0.5) is 0 Å². The van der Waals surface area contributed by atoms with Gasteiger partial charge in [0.25, 0.3) is 0 Å². The summed E-state index contributed by atoms with van der Waals surface area (Å²) in [6.45, 7) is 1.70. The molecule has 0 aromatic heterocycles. The Bertz CT molecular complexity index is 708. The average Bonchev–Trinajstić information content (AvgIpc) is 3.08. The van der Waals surface area contributed by atoms with E-state index in [9.17, 15) is 8.42 Å². The van der Waals surface area contributed by atoms with Crippen LogP contribution in [0.1, 0.15) is 56.9 Å². The highest BCUT2D eigenvalue weighted by molar-refractivity contribution is 14.0. The van der Waals surface area contributed by atoms with Crippen molar-refractivity contribution in [1.82, 2.24) is 9.62 Å². The predicted octanol–water partition coefficient (Wildman–Crippen LogP) is 3.22. The third kappa shape index (κ3) is 6.32. The van der Waals surface area contributed by atoms with Crippen LogP contribution in [0.3, 0.4) is 0 Å². The number of guanidine groups is 1. The quantitative estimate of drug-likeness (QED) is 0.278. The molecule has 2 fully saturated rings. The van der Waals surface area contributed by atoms with Gasteiger partial charge >= 0.3 is 0 Å². The van der Waals surface area contributed by atoms with Crippen LogP contribution in [0, 0.1) is 0 Å². The minimum Gasteiger partial charge on any atom is -0.370 e. The molecule has 0 radical (unpaired) electrons. The molecule has 1 aliphatic carbocycles. The van der Waals surface area contributed by atoms with Gasteiger partial charge in [0.1, 0.15) is 0 Å². The van der Waals surface area contributed by atoms with Gasteiger partial charge < -0.3 is 11.1 Å². The number of nitrogens with zero attached hydrogens (tertiary/aromatic N) is 2. The third-order valence-corrected chi connectivity index (χ3v) is 7.18. The van der Waals surface area contributed by atoms with Crippen molar-refractivity contribution in [1.29, 1.82) is 0 Å². The Hall–Kier alpha value is -0.870. The highest BCUT2D eigenvalue weighted by Crippen LogP contribution is 2.21. The zero-order valence-electron chi connectivity index (χ0n) is 15.8. The predicted molar refractivity (Wildman–Crippen MR) is 120 cm³/mol. The van der Waals surface area contributed by atoms with Gasteiger partial charge in [0.2, 0.25) is 10.0 Å². The summed E-state index contributed by atoms with van der Waals surface area (Å²) in [5, 5.41) is 3.33. The standard InChI is InChI=1S/C19H30N4O2S.HI/c20-19(22-17-7-3-1-2-4-8-17)21-15-16-9-11-18(12-10-16)26(24,25)23-13-5-6-14-23;/h9-12,17H,1-8,13-15H2,(H3,20,21,22);1H. The summed E-state index contributed by atoms with van der Waals surface area (Å²) in [7, 11) is -3.35. The first-order valence-electron chi connectivity index (χ1n) is 9.71. The van der Waals surface area contributed by atoms with E-state index in [1.807, 2.05) is 12.1 Å². The fourth-order valence-electron chi connectivity index (χ4n) is 3.70. The Morgan fingerprint density at radius 3 is 2.22 bits per heavy atom. The van der Waals surface area contributed by atoms with E-state index in [0.29, 0.717) is 36.5 Å². The van der Waals surface area contributed by atoms with Gasteiger partial charge in [0.15, 0.2) is 5.96 Å². The molecule has 0 atom stereocenters. The van der Waals surface area contributed by atoms with Crippen LogP contribution in [-0.4, -0.2) is 37.8 Å². The van der Waals surface area contributed by atoms with E-state index < -0.39 is 10.0 Å². The van der Waals surface area contributed by atoms with E-state index in [-0.39, 0.29) is 24.0 Å². The molecule has 2 aliphatic rings. The van der Waals surface area contributed by atoms with Crippen LogP contribution in [-0.2, 0) is 16.6 Å². The molecule has 3 rings (SSSR count). The molecule has 1 saturated carbocycles. The lowest BCUT2D eigenvalue weighted by atomic mass is 10.1. The molecule has 1 saturated heterocycles. The van der Waals surface area contributed by atoms with Crippen molar-refractivity contribution in [2.75, 3.05) is 13.1 Å². The van der Waals surface area contributed by atoms with Crippen molar-refractivity contribution in [3.05, 3.63) is 29.8 Å². The largest absolute Gasteiger partial charge is 0.370 e. The minimum absolute atomic E-state index is 0. The number of benzene rings is 1. The molecule has 1 aliphatic heterocycles. The first-order chi connectivity index (χ1) is 12.6. The molecule has 0 bridgehead atoms. The summed E-state index contributed by atoms with van der Waals surface area (Å²) >= 11 is 0. The van der Waals surface area contributed by atoms with Gasteiger partial charge in [-0.1, -0.05) is 37.8 Å². The monoisotopic (exact) mass is 506 g/mol. The van der Waals surface area contributed by atoms with Crippen LogP contribution >= 0.6 is 24.0 Å². The number of hydrogen-bond acceptors (Lipinski definition) is 3. The number of halogens is 1. The van der Waals surface area contributed by atoms with E-state index in [0.717, 1.165) is 31.2 Å². The van der Waals surface area contributed by atoms with E-state index in [4.69, 9.17) is 5.73 Å². The van der Waals surface area contributed by atoms with Crippen LogP contribution in [0.2, 0.25) is 0 Å². The highest BCUT2D eigenvalue weighted by atomic mass is 127. The molecule has 6 nitrogen and oxygen atoms in total. The first kappa shape index (κ1) is 22.4. The fourth-order valence-corrected chi connectivity index (χ4v) is 5.22. The molecule has 1 aromatic carbocycles. The van der Waals surface area contributed by atoms with Crippen molar-refractivity contribution in [2.45, 2.75) is 68.8 Å². The number of nitrogens with two attached hydrogens (primary N) is 1. The van der Waals surface area contributed by atoms with Gasteiger partial charge in [-0.05, 0) is 43.4 Å². The summed E-state index contributed by atoms with van der Waals surface area (Å²) in [5.74, 6) is 0.477. The zero-order valence-corrected chi connectivity index (χ0v) is 18.9. The lowest BCUT2D eigenvalue weighted by Gasteiger charge is -2.17. The van der Waals surface area contributed by atoms with E-state index in [2.05, 4.69) is 10.3 Å². The van der Waals surface area contributed by atoms with Gasteiger partial charge in [0, 0.05) is 19.1 Å². The van der Waals surface area contributed by atoms with Gasteiger partial charge in [-0.2, -0.15) is 4.31 Å². The molecule has 27 heavy (non-hydrogen) atoms. The summed E-state index contributed by atoms with van der Waals surface area (Å²) < 4.78 is 26.6. The maximum Gasteiger partial charge on any atom is 0.243 e. The summed E-state index contributed by atoms with van der Waals surface area (Å²) in [4.78, 5) is 4.77. The third-order valence-electron chi connectivity index (χ3n) is 5.27. The number of sulfonamides is 1. The Morgan fingerprint density at radius 2 is 1.63 bits per heavy atom. The SMILES string of the molecule is I.NC(=NCc1ccc(S(=O)(=O)N2CCCC2)cc1)NC1CCCCCC1. The maximum absolute atomic E-state index is 12.5. The van der Waals surface area contributed by atoms with E-state index >= 15 is 0 Å². The Morgan fingerprint density at radius 1 is 1.04 bits per heavy atom. The van der Waals surface area contributed by atoms with Crippen molar-refractivity contribution in [3.8, 4) is 0 Å². The molecule has 1 heterocycles. The van der Waals surface area contributed by atoms with Crippen LogP contribution < -0.4 is 11.1 Å². The molecular formula is C19H31IN4O2S. The molecule has 0 spiro atoms. The van der Waals surface area contributed by atoms with E-state index in [1.165, 1.54) is 25.7 Å². The number of hydrogen-bond donors (Lipinski definition) is 2. The molecule has 1 aromatic rings. The van der Waals surface area contributed by atoms with Crippen molar-refractivity contribution in [3.63, 3.8) is 0 Å². The summed E-state index contributed by atoms with van der Waals surface area (Å²) in [6.07, 6.45) is 9.30. The minimum atomic E-state index is -3.35. The van der Waals surface area contributed by atoms with Gasteiger partial charge in [-0.25, -0.2) is 13.4 Å².